The number of benzene rings is 1. The van der Waals surface area contributed by atoms with Gasteiger partial charge in [-0.3, -0.25) is 28.8 Å². The standard InChI is InChI=1S/C23H32N6O7/c24-18(30)9-8-16(28-22(35)15-7-4-10-25-15)23(36)29-17(11-14-5-2-1-3-6-14)21(34)27-12-19(31)26-13-20(32)33/h1-3,5-6,15-17,25H,4,7-13H2,(H2,24,30)(H,26,31)(H,27,34)(H,28,35)(H,29,36)(H,32,33)/t15-,16-,17-/m0/s1. The quantitative estimate of drug-likeness (QED) is 0.144. The maximum atomic E-state index is 13.1. The van der Waals surface area contributed by atoms with Crippen molar-refractivity contribution >= 4 is 35.5 Å². The molecule has 0 saturated carbocycles. The molecule has 0 aliphatic carbocycles. The van der Waals surface area contributed by atoms with Crippen LogP contribution in [0.3, 0.4) is 0 Å². The van der Waals surface area contributed by atoms with Crippen LogP contribution in [0.1, 0.15) is 31.2 Å². The first-order chi connectivity index (χ1) is 17.2. The number of carboxylic acids is 1. The van der Waals surface area contributed by atoms with Crippen LogP contribution in [0.25, 0.3) is 0 Å². The van der Waals surface area contributed by atoms with Gasteiger partial charge in [-0.2, -0.15) is 0 Å². The Morgan fingerprint density at radius 3 is 2.31 bits per heavy atom. The number of rotatable bonds is 14. The van der Waals surface area contributed by atoms with E-state index in [2.05, 4.69) is 26.6 Å². The van der Waals surface area contributed by atoms with E-state index in [0.29, 0.717) is 13.0 Å². The van der Waals surface area contributed by atoms with Crippen LogP contribution >= 0.6 is 0 Å². The summed E-state index contributed by atoms with van der Waals surface area (Å²) < 4.78 is 0. The highest BCUT2D eigenvalue weighted by Gasteiger charge is 2.30. The van der Waals surface area contributed by atoms with Gasteiger partial charge >= 0.3 is 5.97 Å². The maximum Gasteiger partial charge on any atom is 0.322 e. The predicted molar refractivity (Wildman–Crippen MR) is 127 cm³/mol. The fraction of sp³-hybridized carbons (Fsp3) is 0.478. The van der Waals surface area contributed by atoms with Gasteiger partial charge in [0.05, 0.1) is 12.6 Å². The summed E-state index contributed by atoms with van der Waals surface area (Å²) >= 11 is 0. The van der Waals surface area contributed by atoms with Gasteiger partial charge in [-0.05, 0) is 31.4 Å². The number of nitrogens with one attached hydrogen (secondary N) is 5. The Morgan fingerprint density at radius 1 is 0.972 bits per heavy atom. The highest BCUT2D eigenvalue weighted by atomic mass is 16.4. The van der Waals surface area contributed by atoms with Gasteiger partial charge in [-0.15, -0.1) is 0 Å². The molecule has 1 aromatic carbocycles. The van der Waals surface area contributed by atoms with Crippen LogP contribution in [0.2, 0.25) is 0 Å². The van der Waals surface area contributed by atoms with E-state index in [4.69, 9.17) is 10.8 Å². The molecule has 0 unspecified atom stereocenters. The molecule has 1 heterocycles. The SMILES string of the molecule is NC(=O)CC[C@H](NC(=O)[C@@H]1CCCN1)C(=O)N[C@@H](Cc1ccccc1)C(=O)NCC(=O)NCC(=O)O. The molecule has 2 rings (SSSR count). The summed E-state index contributed by atoms with van der Waals surface area (Å²) in [5.41, 5.74) is 5.95. The van der Waals surface area contributed by atoms with Crippen LogP contribution in [0, 0.1) is 0 Å². The molecule has 0 bridgehead atoms. The minimum absolute atomic E-state index is 0.0586. The molecule has 1 saturated heterocycles. The Bertz CT molecular complexity index is 950. The van der Waals surface area contributed by atoms with Crippen molar-refractivity contribution in [1.82, 2.24) is 26.6 Å². The lowest BCUT2D eigenvalue weighted by Crippen LogP contribution is -2.56. The molecule has 1 aromatic rings. The Labute approximate surface area is 207 Å². The largest absolute Gasteiger partial charge is 0.480 e. The fourth-order valence-electron chi connectivity index (χ4n) is 3.59. The minimum atomic E-state index is -1.24. The van der Waals surface area contributed by atoms with E-state index in [1.807, 2.05) is 0 Å². The maximum absolute atomic E-state index is 13.1. The summed E-state index contributed by atoms with van der Waals surface area (Å²) in [7, 11) is 0. The zero-order valence-electron chi connectivity index (χ0n) is 19.7. The van der Waals surface area contributed by atoms with Crippen molar-refractivity contribution in [1.29, 1.82) is 0 Å². The van der Waals surface area contributed by atoms with Crippen molar-refractivity contribution < 1.29 is 33.9 Å². The fourth-order valence-corrected chi connectivity index (χ4v) is 3.59. The van der Waals surface area contributed by atoms with E-state index >= 15 is 0 Å². The van der Waals surface area contributed by atoms with Gasteiger partial charge in [0.2, 0.25) is 29.5 Å². The first-order valence-corrected chi connectivity index (χ1v) is 11.6. The average molecular weight is 505 g/mol. The van der Waals surface area contributed by atoms with Gasteiger partial charge in [0.1, 0.15) is 18.6 Å². The summed E-state index contributed by atoms with van der Waals surface area (Å²) in [4.78, 5) is 72.2. The van der Waals surface area contributed by atoms with Crippen molar-refractivity contribution in [3.05, 3.63) is 35.9 Å². The number of carboxylic acid groups (broad SMARTS) is 1. The number of carbonyl (C=O) groups is 6. The second kappa shape index (κ2) is 14.4. The van der Waals surface area contributed by atoms with Crippen molar-refractivity contribution in [2.75, 3.05) is 19.6 Å². The molecule has 13 heteroatoms. The second-order valence-corrected chi connectivity index (χ2v) is 8.35. The molecule has 5 amide bonds. The van der Waals surface area contributed by atoms with Gasteiger partial charge in [-0.25, -0.2) is 0 Å². The third-order valence-electron chi connectivity index (χ3n) is 5.46. The van der Waals surface area contributed by atoms with Crippen LogP contribution in [0.15, 0.2) is 30.3 Å². The predicted octanol–water partition coefficient (Wildman–Crippen LogP) is -2.47. The zero-order valence-corrected chi connectivity index (χ0v) is 19.7. The van der Waals surface area contributed by atoms with Crippen LogP contribution < -0.4 is 32.3 Å². The van der Waals surface area contributed by atoms with Gasteiger partial charge in [0, 0.05) is 12.8 Å². The normalized spacial score (nSPS) is 16.3. The van der Waals surface area contributed by atoms with Crippen LogP contribution in [-0.2, 0) is 35.2 Å². The number of primary amides is 1. The number of hydrogen-bond acceptors (Lipinski definition) is 7. The van der Waals surface area contributed by atoms with Crippen LogP contribution in [0.4, 0.5) is 0 Å². The summed E-state index contributed by atoms with van der Waals surface area (Å²) in [6, 6.07) is 6.12. The van der Waals surface area contributed by atoms with Gasteiger partial charge in [-0.1, -0.05) is 30.3 Å². The van der Waals surface area contributed by atoms with Crippen molar-refractivity contribution in [2.24, 2.45) is 5.73 Å². The third-order valence-corrected chi connectivity index (χ3v) is 5.46. The van der Waals surface area contributed by atoms with Crippen LogP contribution in [-0.4, -0.2) is 78.4 Å². The van der Waals surface area contributed by atoms with Crippen molar-refractivity contribution in [3.8, 4) is 0 Å². The Balaban J connectivity index is 2.10. The molecule has 0 aromatic heterocycles. The van der Waals surface area contributed by atoms with Gasteiger partial charge in [0.25, 0.3) is 0 Å². The molecule has 1 fully saturated rings. The van der Waals surface area contributed by atoms with E-state index in [9.17, 15) is 28.8 Å². The molecular weight excluding hydrogens is 472 g/mol. The lowest BCUT2D eigenvalue weighted by molar-refractivity contribution is -0.138. The van der Waals surface area contributed by atoms with Crippen molar-refractivity contribution in [2.45, 2.75) is 50.2 Å². The molecule has 1 aliphatic heterocycles. The van der Waals surface area contributed by atoms with Crippen molar-refractivity contribution in [3.63, 3.8) is 0 Å². The van der Waals surface area contributed by atoms with E-state index < -0.39 is 66.7 Å². The molecule has 0 radical (unpaired) electrons. The van der Waals surface area contributed by atoms with E-state index in [-0.39, 0.29) is 19.3 Å². The molecule has 1 aliphatic rings. The summed E-state index contributed by atoms with van der Waals surface area (Å²) in [5.74, 6) is -4.36. The Hall–Kier alpha value is -4.00. The highest BCUT2D eigenvalue weighted by Crippen LogP contribution is 2.08. The molecule has 13 nitrogen and oxygen atoms in total. The number of amides is 5. The molecule has 8 N–H and O–H groups in total. The molecule has 3 atom stereocenters. The smallest absolute Gasteiger partial charge is 0.322 e. The topological polar surface area (TPSA) is 209 Å². The summed E-state index contributed by atoms with van der Waals surface area (Å²) in [5, 5.41) is 21.4. The van der Waals surface area contributed by atoms with E-state index in [1.165, 1.54) is 0 Å². The van der Waals surface area contributed by atoms with Gasteiger partial charge < -0.3 is 37.4 Å². The van der Waals surface area contributed by atoms with Crippen LogP contribution in [0.5, 0.6) is 0 Å². The molecular formula is C23H32N6O7. The monoisotopic (exact) mass is 504 g/mol. The molecule has 0 spiro atoms. The minimum Gasteiger partial charge on any atom is -0.480 e. The number of nitrogens with two attached hydrogens (primary N) is 1. The first-order valence-electron chi connectivity index (χ1n) is 11.6. The zero-order chi connectivity index (χ0) is 26.5. The average Bonchev–Trinajstić information content (AvgIpc) is 3.39. The highest BCUT2D eigenvalue weighted by molar-refractivity contribution is 5.94. The summed E-state index contributed by atoms with van der Waals surface area (Å²) in [6.45, 7) is -0.423. The lowest BCUT2D eigenvalue weighted by atomic mass is 10.0. The Kier molecular flexibility index (Phi) is 11.3. The van der Waals surface area contributed by atoms with E-state index in [1.54, 1.807) is 30.3 Å². The lowest BCUT2D eigenvalue weighted by Gasteiger charge is -2.24. The molecule has 36 heavy (non-hydrogen) atoms. The van der Waals surface area contributed by atoms with E-state index in [0.717, 1.165) is 12.0 Å². The first kappa shape index (κ1) is 28.2. The Morgan fingerprint density at radius 2 is 1.69 bits per heavy atom. The third kappa shape index (κ3) is 10.1. The second-order valence-electron chi connectivity index (χ2n) is 8.35. The number of hydrogen-bond donors (Lipinski definition) is 7. The number of carbonyl (C=O) groups excluding carboxylic acids is 5. The van der Waals surface area contributed by atoms with Gasteiger partial charge in [0.15, 0.2) is 0 Å². The molecule has 196 valence electrons. The summed E-state index contributed by atoms with van der Waals surface area (Å²) in [6.07, 6.45) is 1.29. The number of aliphatic carboxylic acids is 1.